The van der Waals surface area contributed by atoms with Gasteiger partial charge in [0.25, 0.3) is 0 Å². The zero-order valence-corrected chi connectivity index (χ0v) is 49.4. The van der Waals surface area contributed by atoms with E-state index in [2.05, 4.69) is 31.3 Å². The van der Waals surface area contributed by atoms with E-state index in [4.69, 9.17) is 4.74 Å². The van der Waals surface area contributed by atoms with E-state index in [0.29, 0.717) is 19.4 Å². The summed E-state index contributed by atoms with van der Waals surface area (Å²) < 4.78 is 5.48. The maximum Gasteiger partial charge on any atom is 0.305 e. The van der Waals surface area contributed by atoms with Gasteiger partial charge in [-0.25, -0.2) is 0 Å². The van der Waals surface area contributed by atoms with Crippen LogP contribution in [-0.4, -0.2) is 47.4 Å². The molecule has 0 aromatic rings. The summed E-state index contributed by atoms with van der Waals surface area (Å²) in [7, 11) is 0. The predicted molar refractivity (Wildman–Crippen MR) is 320 cm³/mol. The quantitative estimate of drug-likeness (QED) is 0.0320. The molecule has 0 radical (unpaired) electrons. The van der Waals surface area contributed by atoms with Gasteiger partial charge < -0.3 is 20.3 Å². The van der Waals surface area contributed by atoms with Gasteiger partial charge in [-0.05, 0) is 57.8 Å². The third-order valence-corrected chi connectivity index (χ3v) is 15.5. The average molecular weight is 1030 g/mol. The first-order valence-corrected chi connectivity index (χ1v) is 33.1. The van der Waals surface area contributed by atoms with Gasteiger partial charge in [0.05, 0.1) is 25.4 Å². The normalized spacial score (nSPS) is 12.7. The molecule has 73 heavy (non-hydrogen) atoms. The lowest BCUT2D eigenvalue weighted by atomic mass is 10.0. The molecule has 6 nitrogen and oxygen atoms in total. The van der Waals surface area contributed by atoms with Crippen molar-refractivity contribution in [2.75, 3.05) is 13.2 Å². The summed E-state index contributed by atoms with van der Waals surface area (Å²) in [5.74, 6) is -0.0537. The Labute approximate surface area is 456 Å². The second-order valence-electron chi connectivity index (χ2n) is 22.8. The second-order valence-corrected chi connectivity index (χ2v) is 22.8. The van der Waals surface area contributed by atoms with Crippen molar-refractivity contribution in [2.24, 2.45) is 0 Å². The van der Waals surface area contributed by atoms with Crippen molar-refractivity contribution >= 4 is 11.9 Å². The monoisotopic (exact) mass is 1030 g/mol. The Morgan fingerprint density at radius 3 is 0.973 bits per heavy atom. The molecule has 3 N–H and O–H groups in total. The van der Waals surface area contributed by atoms with E-state index in [-0.39, 0.29) is 18.5 Å². The average Bonchev–Trinajstić information content (AvgIpc) is 3.39. The molecule has 0 aliphatic carbocycles. The fourth-order valence-electron chi connectivity index (χ4n) is 10.4. The van der Waals surface area contributed by atoms with E-state index in [9.17, 15) is 19.8 Å². The molecular formula is C67H129NO5. The summed E-state index contributed by atoms with van der Waals surface area (Å²) in [5.41, 5.74) is 0. The molecular weight excluding hydrogens is 899 g/mol. The first kappa shape index (κ1) is 71.3. The van der Waals surface area contributed by atoms with Gasteiger partial charge in [-0.1, -0.05) is 321 Å². The topological polar surface area (TPSA) is 95.9 Å². The largest absolute Gasteiger partial charge is 0.466 e. The van der Waals surface area contributed by atoms with Crippen LogP contribution in [0, 0.1) is 0 Å². The predicted octanol–water partition coefficient (Wildman–Crippen LogP) is 21.0. The van der Waals surface area contributed by atoms with Crippen LogP contribution < -0.4 is 5.32 Å². The lowest BCUT2D eigenvalue weighted by molar-refractivity contribution is -0.143. The number of amides is 1. The lowest BCUT2D eigenvalue weighted by Gasteiger charge is -2.20. The number of hydrogen-bond donors (Lipinski definition) is 3. The van der Waals surface area contributed by atoms with Crippen molar-refractivity contribution in [3.05, 3.63) is 24.3 Å². The first-order chi connectivity index (χ1) is 36.0. The molecule has 432 valence electrons. The molecule has 0 aromatic heterocycles. The number of hydrogen-bond acceptors (Lipinski definition) is 5. The number of aliphatic hydroxyl groups is 2. The lowest BCUT2D eigenvalue weighted by Crippen LogP contribution is -2.45. The Hall–Kier alpha value is -1.66. The highest BCUT2D eigenvalue weighted by molar-refractivity contribution is 5.76. The highest BCUT2D eigenvalue weighted by atomic mass is 16.5. The van der Waals surface area contributed by atoms with Gasteiger partial charge in [-0.3, -0.25) is 9.59 Å². The zero-order valence-electron chi connectivity index (χ0n) is 49.4. The van der Waals surface area contributed by atoms with Crippen LogP contribution in [0.5, 0.6) is 0 Å². The third-order valence-electron chi connectivity index (χ3n) is 15.5. The smallest absolute Gasteiger partial charge is 0.305 e. The number of allylic oxidation sites excluding steroid dienone is 3. The van der Waals surface area contributed by atoms with E-state index >= 15 is 0 Å². The number of carbonyl (C=O) groups is 2. The Morgan fingerprint density at radius 2 is 0.644 bits per heavy atom. The Morgan fingerprint density at radius 1 is 0.370 bits per heavy atom. The van der Waals surface area contributed by atoms with Gasteiger partial charge in [-0.2, -0.15) is 0 Å². The summed E-state index contributed by atoms with van der Waals surface area (Å²) in [6.07, 6.45) is 78.1. The summed E-state index contributed by atoms with van der Waals surface area (Å²) in [6.45, 7) is 4.93. The van der Waals surface area contributed by atoms with Crippen molar-refractivity contribution in [3.8, 4) is 0 Å². The van der Waals surface area contributed by atoms with E-state index < -0.39 is 12.1 Å². The van der Waals surface area contributed by atoms with Crippen LogP contribution in [-0.2, 0) is 14.3 Å². The number of unbranched alkanes of at least 4 members (excludes halogenated alkanes) is 49. The van der Waals surface area contributed by atoms with Gasteiger partial charge >= 0.3 is 5.97 Å². The molecule has 0 rings (SSSR count). The highest BCUT2D eigenvalue weighted by Gasteiger charge is 2.18. The van der Waals surface area contributed by atoms with Crippen LogP contribution in [0.4, 0.5) is 0 Å². The summed E-state index contributed by atoms with van der Waals surface area (Å²) in [4.78, 5) is 24.5. The fraction of sp³-hybridized carbons (Fsp3) is 0.910. The van der Waals surface area contributed by atoms with Gasteiger partial charge in [0.2, 0.25) is 5.91 Å². The molecule has 6 heteroatoms. The van der Waals surface area contributed by atoms with Crippen molar-refractivity contribution in [2.45, 2.75) is 379 Å². The van der Waals surface area contributed by atoms with Crippen molar-refractivity contribution < 1.29 is 24.5 Å². The van der Waals surface area contributed by atoms with Crippen LogP contribution in [0.3, 0.4) is 0 Å². The Bertz CT molecular complexity index is 1140. The first-order valence-electron chi connectivity index (χ1n) is 33.1. The van der Waals surface area contributed by atoms with E-state index in [1.165, 1.54) is 302 Å². The van der Waals surface area contributed by atoms with Crippen LogP contribution in [0.25, 0.3) is 0 Å². The van der Waals surface area contributed by atoms with Crippen LogP contribution >= 0.6 is 0 Å². The minimum Gasteiger partial charge on any atom is -0.466 e. The minimum absolute atomic E-state index is 0.0142. The van der Waals surface area contributed by atoms with Crippen molar-refractivity contribution in [3.63, 3.8) is 0 Å². The van der Waals surface area contributed by atoms with Crippen LogP contribution in [0.1, 0.15) is 367 Å². The molecule has 0 saturated carbocycles. The molecule has 2 atom stereocenters. The van der Waals surface area contributed by atoms with E-state index in [0.717, 1.165) is 38.5 Å². The van der Waals surface area contributed by atoms with Gasteiger partial charge in [0, 0.05) is 12.8 Å². The number of ether oxygens (including phenoxy) is 1. The second kappa shape index (κ2) is 62.9. The molecule has 0 fully saturated rings. The van der Waals surface area contributed by atoms with E-state index in [1.807, 2.05) is 6.08 Å². The third kappa shape index (κ3) is 59.4. The number of rotatable bonds is 62. The van der Waals surface area contributed by atoms with Gasteiger partial charge in [0.1, 0.15) is 0 Å². The zero-order chi connectivity index (χ0) is 52.9. The maximum atomic E-state index is 12.5. The SMILES string of the molecule is CCCCCCCCCCCCCCCCCCC/C=C/C(O)C(CO)NC(=O)CCCCCCCCCCC/C=C\CCCCCCCCCCCCCCOC(=O)CCCCCCCCCCCCCC. The minimum atomic E-state index is -0.847. The molecule has 0 saturated heterocycles. The summed E-state index contributed by atoms with van der Waals surface area (Å²) in [6, 6.07) is -0.630. The fourth-order valence-corrected chi connectivity index (χ4v) is 10.4. The van der Waals surface area contributed by atoms with Crippen molar-refractivity contribution in [1.82, 2.24) is 5.32 Å². The standard InChI is InChI=1S/C67H129NO5/c1-3-5-7-9-11-13-15-17-18-19-27-30-33-36-39-43-47-51-55-59-65(70)64(63-69)68-66(71)60-56-52-48-44-40-37-34-31-28-25-23-21-20-22-24-26-29-32-35-38-42-46-50-54-58-62-73-67(72)61-57-53-49-45-41-16-14-12-10-8-6-4-2/h21,23,55,59,64-65,69-70H,3-20,22,24-54,56-58,60-63H2,1-2H3,(H,68,71)/b23-21-,59-55+. The molecule has 0 bridgehead atoms. The molecule has 0 aromatic carbocycles. The molecule has 0 heterocycles. The summed E-state index contributed by atoms with van der Waals surface area (Å²) >= 11 is 0. The number of esters is 1. The molecule has 2 unspecified atom stereocenters. The number of carbonyl (C=O) groups excluding carboxylic acids is 2. The van der Waals surface area contributed by atoms with Crippen LogP contribution in [0.2, 0.25) is 0 Å². The van der Waals surface area contributed by atoms with Crippen LogP contribution in [0.15, 0.2) is 24.3 Å². The highest BCUT2D eigenvalue weighted by Crippen LogP contribution is 2.18. The summed E-state index contributed by atoms with van der Waals surface area (Å²) in [5, 5.41) is 23.2. The van der Waals surface area contributed by atoms with Gasteiger partial charge in [0.15, 0.2) is 0 Å². The molecule has 0 spiro atoms. The van der Waals surface area contributed by atoms with Gasteiger partial charge in [-0.15, -0.1) is 0 Å². The molecule has 0 aliphatic heterocycles. The number of nitrogens with one attached hydrogen (secondary N) is 1. The Balaban J connectivity index is 3.42. The maximum absolute atomic E-state index is 12.5. The Kier molecular flexibility index (Phi) is 61.4. The van der Waals surface area contributed by atoms with Crippen molar-refractivity contribution in [1.29, 1.82) is 0 Å². The molecule has 1 amide bonds. The van der Waals surface area contributed by atoms with E-state index in [1.54, 1.807) is 6.08 Å². The number of aliphatic hydroxyl groups excluding tert-OH is 2. The molecule has 0 aliphatic rings.